The van der Waals surface area contributed by atoms with Crippen molar-refractivity contribution < 1.29 is 13.9 Å². The van der Waals surface area contributed by atoms with E-state index >= 15 is 0 Å². The van der Waals surface area contributed by atoms with Crippen LogP contribution in [0.4, 0.5) is 10.1 Å². The highest BCUT2D eigenvalue weighted by Gasteiger charge is 2.24. The molecule has 2 aromatic carbocycles. The largest absolute Gasteiger partial charge is 0.497 e. The van der Waals surface area contributed by atoms with Crippen molar-refractivity contribution in [3.63, 3.8) is 0 Å². The minimum atomic E-state index is -0.249. The zero-order valence-electron chi connectivity index (χ0n) is 11.5. The number of hydrogen-bond donors (Lipinski definition) is 0. The van der Waals surface area contributed by atoms with E-state index in [9.17, 15) is 4.39 Å². The van der Waals surface area contributed by atoms with Crippen LogP contribution in [0.1, 0.15) is 11.1 Å². The van der Waals surface area contributed by atoms with Crippen molar-refractivity contribution >= 4 is 5.69 Å². The van der Waals surface area contributed by atoms with Gasteiger partial charge in [0, 0.05) is 24.3 Å². The molecule has 0 unspecified atom stereocenters. The number of benzene rings is 2. The number of halogens is 1. The molecule has 0 fully saturated rings. The van der Waals surface area contributed by atoms with Gasteiger partial charge in [0.1, 0.15) is 5.75 Å². The molecule has 0 atom stereocenters. The first-order chi connectivity index (χ1) is 9.72. The normalized spacial score (nSPS) is 13.2. The molecule has 20 heavy (non-hydrogen) atoms. The summed E-state index contributed by atoms with van der Waals surface area (Å²) in [5.41, 5.74) is 2.79. The molecule has 0 saturated heterocycles. The number of anilines is 1. The van der Waals surface area contributed by atoms with E-state index in [0.29, 0.717) is 18.8 Å². The van der Waals surface area contributed by atoms with Crippen LogP contribution in [0.25, 0.3) is 0 Å². The summed E-state index contributed by atoms with van der Waals surface area (Å²) in [5.74, 6) is 0.875. The van der Waals surface area contributed by atoms with Crippen molar-refractivity contribution in [2.75, 3.05) is 19.1 Å². The molecule has 0 aromatic heterocycles. The van der Waals surface area contributed by atoms with E-state index < -0.39 is 0 Å². The third kappa shape index (κ3) is 2.07. The van der Waals surface area contributed by atoms with Crippen molar-refractivity contribution in [3.05, 3.63) is 53.3 Å². The first kappa shape index (κ1) is 12.8. The minimum Gasteiger partial charge on any atom is -0.497 e. The van der Waals surface area contributed by atoms with Crippen LogP contribution in [0, 0.1) is 5.82 Å². The van der Waals surface area contributed by atoms with Gasteiger partial charge in [-0.1, -0.05) is 6.07 Å². The fourth-order valence-electron chi connectivity index (χ4n) is 2.54. The first-order valence-electron chi connectivity index (χ1n) is 6.46. The zero-order valence-corrected chi connectivity index (χ0v) is 11.5. The minimum absolute atomic E-state index is 0.249. The summed E-state index contributed by atoms with van der Waals surface area (Å²) in [5, 5.41) is 0. The lowest BCUT2D eigenvalue weighted by atomic mass is 10.1. The predicted molar refractivity (Wildman–Crippen MR) is 75.8 cm³/mol. The topological polar surface area (TPSA) is 21.7 Å². The average Bonchev–Trinajstić information content (AvgIpc) is 2.93. The van der Waals surface area contributed by atoms with Crippen molar-refractivity contribution in [1.82, 2.24) is 0 Å². The molecule has 1 aliphatic heterocycles. The van der Waals surface area contributed by atoms with Crippen LogP contribution in [-0.2, 0) is 13.1 Å². The molecule has 104 valence electrons. The number of methoxy groups -OCH3 is 2. The molecule has 0 saturated carbocycles. The van der Waals surface area contributed by atoms with E-state index in [4.69, 9.17) is 9.47 Å². The molecule has 3 nitrogen and oxygen atoms in total. The van der Waals surface area contributed by atoms with Crippen LogP contribution in [0.3, 0.4) is 0 Å². The van der Waals surface area contributed by atoms with Crippen molar-refractivity contribution in [2.45, 2.75) is 13.1 Å². The highest BCUT2D eigenvalue weighted by molar-refractivity contribution is 5.54. The van der Waals surface area contributed by atoms with Gasteiger partial charge in [0.15, 0.2) is 11.6 Å². The summed E-state index contributed by atoms with van der Waals surface area (Å²) in [6, 6.07) is 11.4. The molecule has 2 aromatic rings. The molecule has 4 heteroatoms. The van der Waals surface area contributed by atoms with Crippen molar-refractivity contribution in [1.29, 1.82) is 0 Å². The Morgan fingerprint density at radius 2 is 1.70 bits per heavy atom. The van der Waals surface area contributed by atoms with Crippen LogP contribution < -0.4 is 14.4 Å². The smallest absolute Gasteiger partial charge is 0.170 e. The van der Waals surface area contributed by atoms with Crippen molar-refractivity contribution in [2.24, 2.45) is 0 Å². The van der Waals surface area contributed by atoms with Gasteiger partial charge in [-0.2, -0.15) is 0 Å². The van der Waals surface area contributed by atoms with Crippen molar-refractivity contribution in [3.8, 4) is 11.5 Å². The van der Waals surface area contributed by atoms with E-state index in [-0.39, 0.29) is 5.82 Å². The summed E-state index contributed by atoms with van der Waals surface area (Å²) in [4.78, 5) is 2.13. The van der Waals surface area contributed by atoms with E-state index in [2.05, 4.69) is 4.90 Å². The van der Waals surface area contributed by atoms with Gasteiger partial charge in [-0.25, -0.2) is 4.39 Å². The summed E-state index contributed by atoms with van der Waals surface area (Å²) >= 11 is 0. The Hall–Kier alpha value is -2.23. The Bertz CT molecular complexity index is 625. The maximum Gasteiger partial charge on any atom is 0.170 e. The highest BCUT2D eigenvalue weighted by atomic mass is 19.1. The van der Waals surface area contributed by atoms with E-state index in [1.54, 1.807) is 13.2 Å². The van der Waals surface area contributed by atoms with Crippen LogP contribution >= 0.6 is 0 Å². The molecular formula is C16H16FNO2. The summed E-state index contributed by atoms with van der Waals surface area (Å²) in [6.07, 6.45) is 0. The molecule has 0 N–H and O–H groups in total. The van der Waals surface area contributed by atoms with Crippen LogP contribution in [-0.4, -0.2) is 14.2 Å². The van der Waals surface area contributed by atoms with E-state index in [1.165, 1.54) is 7.11 Å². The third-order valence-corrected chi connectivity index (χ3v) is 3.67. The fourth-order valence-corrected chi connectivity index (χ4v) is 2.54. The lowest BCUT2D eigenvalue weighted by Crippen LogP contribution is -2.14. The summed E-state index contributed by atoms with van der Waals surface area (Å²) in [6.45, 7) is 1.27. The fraction of sp³-hybridized carbons (Fsp3) is 0.250. The van der Waals surface area contributed by atoms with E-state index in [0.717, 1.165) is 22.6 Å². The number of nitrogens with zero attached hydrogens (tertiary/aromatic N) is 1. The van der Waals surface area contributed by atoms with Crippen LogP contribution in [0.2, 0.25) is 0 Å². The van der Waals surface area contributed by atoms with Gasteiger partial charge >= 0.3 is 0 Å². The second kappa shape index (κ2) is 5.04. The van der Waals surface area contributed by atoms with Gasteiger partial charge < -0.3 is 14.4 Å². The van der Waals surface area contributed by atoms with Crippen LogP contribution in [0.5, 0.6) is 11.5 Å². The Kier molecular flexibility index (Phi) is 3.22. The van der Waals surface area contributed by atoms with Gasteiger partial charge in [0.2, 0.25) is 0 Å². The highest BCUT2D eigenvalue weighted by Crippen LogP contribution is 2.33. The van der Waals surface area contributed by atoms with Gasteiger partial charge in [-0.15, -0.1) is 0 Å². The van der Waals surface area contributed by atoms with E-state index in [1.807, 2.05) is 30.3 Å². The maximum absolute atomic E-state index is 14.2. The number of hydrogen-bond acceptors (Lipinski definition) is 3. The molecule has 0 radical (unpaired) electrons. The summed E-state index contributed by atoms with van der Waals surface area (Å²) < 4.78 is 24.4. The molecule has 0 bridgehead atoms. The summed E-state index contributed by atoms with van der Waals surface area (Å²) in [7, 11) is 3.13. The first-order valence-corrected chi connectivity index (χ1v) is 6.46. The maximum atomic E-state index is 14.2. The second-order valence-corrected chi connectivity index (χ2v) is 4.77. The second-order valence-electron chi connectivity index (χ2n) is 4.77. The Balaban J connectivity index is 1.87. The number of fused-ring (bicyclic) bond motifs is 1. The molecule has 0 spiro atoms. The monoisotopic (exact) mass is 273 g/mol. The van der Waals surface area contributed by atoms with Gasteiger partial charge in [0.05, 0.1) is 14.2 Å². The zero-order chi connectivity index (χ0) is 14.1. The number of rotatable bonds is 3. The lowest BCUT2D eigenvalue weighted by Gasteiger charge is -2.17. The quantitative estimate of drug-likeness (QED) is 0.856. The third-order valence-electron chi connectivity index (χ3n) is 3.67. The standard InChI is InChI=1S/C16H16FNO2/c1-19-13-6-4-12(5-7-13)18-9-11-3-8-15(20-2)16(17)14(11)10-18/h3-8H,9-10H2,1-2H3. The predicted octanol–water partition coefficient (Wildman–Crippen LogP) is 3.36. The Labute approximate surface area is 117 Å². The van der Waals surface area contributed by atoms with Crippen LogP contribution in [0.15, 0.2) is 36.4 Å². The molecule has 3 rings (SSSR count). The number of ether oxygens (including phenoxy) is 2. The molecule has 1 heterocycles. The Morgan fingerprint density at radius 1 is 0.950 bits per heavy atom. The van der Waals surface area contributed by atoms with Gasteiger partial charge in [-0.3, -0.25) is 0 Å². The Morgan fingerprint density at radius 3 is 2.35 bits per heavy atom. The molecule has 0 aliphatic carbocycles. The van der Waals surface area contributed by atoms with Gasteiger partial charge in [-0.05, 0) is 35.9 Å². The lowest BCUT2D eigenvalue weighted by molar-refractivity contribution is 0.384. The molecule has 0 amide bonds. The van der Waals surface area contributed by atoms with Gasteiger partial charge in [0.25, 0.3) is 0 Å². The molecule has 1 aliphatic rings. The molecular weight excluding hydrogens is 257 g/mol. The average molecular weight is 273 g/mol. The SMILES string of the molecule is COc1ccc(N2Cc3ccc(OC)c(F)c3C2)cc1.